The van der Waals surface area contributed by atoms with Crippen molar-refractivity contribution >= 4 is 17.5 Å². The molecule has 0 aliphatic heterocycles. The first-order chi connectivity index (χ1) is 11.5. The first-order valence-electron chi connectivity index (χ1n) is 8.18. The van der Waals surface area contributed by atoms with Gasteiger partial charge in [-0.2, -0.15) is 0 Å². The van der Waals surface area contributed by atoms with Gasteiger partial charge in [-0.25, -0.2) is 4.98 Å². The molecule has 6 heteroatoms. The van der Waals surface area contributed by atoms with Crippen LogP contribution in [-0.4, -0.2) is 22.0 Å². The summed E-state index contributed by atoms with van der Waals surface area (Å²) in [4.78, 5) is 29.1. The quantitative estimate of drug-likeness (QED) is 0.783. The van der Waals surface area contributed by atoms with Crippen molar-refractivity contribution in [2.75, 3.05) is 6.54 Å². The van der Waals surface area contributed by atoms with Gasteiger partial charge in [0.05, 0.1) is 0 Å². The number of hydrogen-bond donors (Lipinski definition) is 1. The van der Waals surface area contributed by atoms with Gasteiger partial charge >= 0.3 is 0 Å². The zero-order chi connectivity index (χ0) is 17.5. The number of benzene rings is 1. The molecule has 128 valence electrons. The number of amides is 1. The lowest BCUT2D eigenvalue weighted by Crippen LogP contribution is -2.34. The highest BCUT2D eigenvalue weighted by molar-refractivity contribution is 6.30. The Morgan fingerprint density at radius 1 is 1.29 bits per heavy atom. The average molecular weight is 348 g/mol. The van der Waals surface area contributed by atoms with Crippen molar-refractivity contribution in [2.24, 2.45) is 0 Å². The maximum Gasteiger partial charge on any atom is 0.254 e. The number of carbonyl (C=O) groups excluding carboxylic acids is 1. The van der Waals surface area contributed by atoms with Crippen LogP contribution in [0.2, 0.25) is 5.02 Å². The highest BCUT2D eigenvalue weighted by atomic mass is 35.5. The van der Waals surface area contributed by atoms with Gasteiger partial charge < -0.3 is 5.32 Å². The van der Waals surface area contributed by atoms with E-state index < -0.39 is 0 Å². The average Bonchev–Trinajstić information content (AvgIpc) is 2.56. The third-order valence-corrected chi connectivity index (χ3v) is 3.90. The van der Waals surface area contributed by atoms with E-state index in [9.17, 15) is 9.59 Å². The van der Waals surface area contributed by atoms with E-state index in [0.29, 0.717) is 29.5 Å². The summed E-state index contributed by atoms with van der Waals surface area (Å²) in [5.74, 6) is 0.271. The van der Waals surface area contributed by atoms with Crippen molar-refractivity contribution in [3.63, 3.8) is 0 Å². The lowest BCUT2D eigenvalue weighted by atomic mass is 10.2. The predicted molar refractivity (Wildman–Crippen MR) is 96.2 cm³/mol. The van der Waals surface area contributed by atoms with Crippen LogP contribution in [0.5, 0.6) is 0 Å². The standard InChI is InChI=1S/C18H22ClN3O2/c1-3-5-9-20-16(23)12-22-17(24)11-15(4-2)21-18(22)13-7-6-8-14(19)10-13/h6-8,10-11H,3-5,9,12H2,1-2H3,(H,20,23). The normalized spacial score (nSPS) is 10.6. The van der Waals surface area contributed by atoms with Gasteiger partial charge in [0, 0.05) is 28.9 Å². The summed E-state index contributed by atoms with van der Waals surface area (Å²) in [5.41, 5.74) is 1.18. The Morgan fingerprint density at radius 2 is 2.08 bits per heavy atom. The van der Waals surface area contributed by atoms with E-state index in [0.717, 1.165) is 18.4 Å². The molecule has 1 heterocycles. The largest absolute Gasteiger partial charge is 0.355 e. The molecule has 0 saturated carbocycles. The van der Waals surface area contributed by atoms with Crippen LogP contribution in [0.25, 0.3) is 11.4 Å². The monoisotopic (exact) mass is 347 g/mol. The van der Waals surface area contributed by atoms with E-state index in [1.807, 2.05) is 13.0 Å². The van der Waals surface area contributed by atoms with E-state index in [1.165, 1.54) is 10.6 Å². The molecular formula is C18H22ClN3O2. The number of nitrogens with one attached hydrogen (secondary N) is 1. The lowest BCUT2D eigenvalue weighted by Gasteiger charge is -2.13. The number of unbranched alkanes of at least 4 members (excludes halogenated alkanes) is 1. The minimum absolute atomic E-state index is 0.0542. The summed E-state index contributed by atoms with van der Waals surface area (Å²) in [6.45, 7) is 4.55. The molecule has 5 nitrogen and oxygen atoms in total. The Hall–Kier alpha value is -2.14. The number of aryl methyl sites for hydroxylation is 1. The second kappa shape index (κ2) is 8.64. The number of rotatable bonds is 7. The minimum Gasteiger partial charge on any atom is -0.355 e. The number of nitrogens with zero attached hydrogens (tertiary/aromatic N) is 2. The van der Waals surface area contributed by atoms with Crippen molar-refractivity contribution in [3.05, 3.63) is 51.4 Å². The maximum absolute atomic E-state index is 12.5. The van der Waals surface area contributed by atoms with E-state index in [-0.39, 0.29) is 18.0 Å². The molecule has 1 amide bonds. The van der Waals surface area contributed by atoms with E-state index in [1.54, 1.807) is 18.2 Å². The second-order valence-electron chi connectivity index (χ2n) is 5.56. The SMILES string of the molecule is CCCCNC(=O)Cn1c(-c2cccc(Cl)c2)nc(CC)cc1=O. The maximum atomic E-state index is 12.5. The van der Waals surface area contributed by atoms with Crippen LogP contribution in [0.15, 0.2) is 35.1 Å². The Labute approximate surface area is 146 Å². The first kappa shape index (κ1) is 18.2. The van der Waals surface area contributed by atoms with Crippen LogP contribution >= 0.6 is 11.6 Å². The molecule has 2 rings (SSSR count). The topological polar surface area (TPSA) is 64.0 Å². The third kappa shape index (κ3) is 4.68. The first-order valence-corrected chi connectivity index (χ1v) is 8.56. The fourth-order valence-electron chi connectivity index (χ4n) is 2.34. The van der Waals surface area contributed by atoms with Gasteiger partial charge in [-0.05, 0) is 25.0 Å². The molecule has 24 heavy (non-hydrogen) atoms. The molecule has 0 aliphatic carbocycles. The Balaban J connectivity index is 2.39. The van der Waals surface area contributed by atoms with Crippen molar-refractivity contribution in [1.82, 2.24) is 14.9 Å². The molecule has 0 atom stereocenters. The van der Waals surface area contributed by atoms with Gasteiger partial charge in [0.1, 0.15) is 12.4 Å². The number of carbonyl (C=O) groups is 1. The van der Waals surface area contributed by atoms with Gasteiger partial charge in [-0.15, -0.1) is 0 Å². The predicted octanol–water partition coefficient (Wildman–Crippen LogP) is 3.04. The van der Waals surface area contributed by atoms with Gasteiger partial charge in [0.2, 0.25) is 5.91 Å². The fraction of sp³-hybridized carbons (Fsp3) is 0.389. The molecule has 0 radical (unpaired) electrons. The van der Waals surface area contributed by atoms with Crippen LogP contribution in [0.3, 0.4) is 0 Å². The number of hydrogen-bond acceptors (Lipinski definition) is 3. The lowest BCUT2D eigenvalue weighted by molar-refractivity contribution is -0.121. The highest BCUT2D eigenvalue weighted by Crippen LogP contribution is 2.20. The Morgan fingerprint density at radius 3 is 2.75 bits per heavy atom. The molecule has 0 spiro atoms. The molecule has 0 unspecified atom stereocenters. The molecule has 1 N–H and O–H groups in total. The summed E-state index contributed by atoms with van der Waals surface area (Å²) >= 11 is 6.06. The van der Waals surface area contributed by atoms with Gasteiger partial charge in [0.25, 0.3) is 5.56 Å². The highest BCUT2D eigenvalue weighted by Gasteiger charge is 2.13. The van der Waals surface area contributed by atoms with Crippen molar-refractivity contribution < 1.29 is 4.79 Å². The van der Waals surface area contributed by atoms with Gasteiger partial charge in [-0.3, -0.25) is 14.2 Å². The minimum atomic E-state index is -0.234. The summed E-state index contributed by atoms with van der Waals surface area (Å²) in [6, 6.07) is 8.61. The van der Waals surface area contributed by atoms with Crippen molar-refractivity contribution in [2.45, 2.75) is 39.7 Å². The van der Waals surface area contributed by atoms with E-state index >= 15 is 0 Å². The third-order valence-electron chi connectivity index (χ3n) is 3.66. The van der Waals surface area contributed by atoms with Gasteiger partial charge in [0.15, 0.2) is 0 Å². The fourth-order valence-corrected chi connectivity index (χ4v) is 2.53. The molecule has 0 aliphatic rings. The Kier molecular flexibility index (Phi) is 6.55. The molecule has 0 saturated heterocycles. The molecular weight excluding hydrogens is 326 g/mol. The van der Waals surface area contributed by atoms with E-state index in [4.69, 9.17) is 11.6 Å². The molecule has 0 bridgehead atoms. The van der Waals surface area contributed by atoms with Crippen molar-refractivity contribution in [1.29, 1.82) is 0 Å². The van der Waals surface area contributed by atoms with Gasteiger partial charge in [-0.1, -0.05) is 44.0 Å². The zero-order valence-electron chi connectivity index (χ0n) is 14.0. The zero-order valence-corrected chi connectivity index (χ0v) is 14.8. The summed E-state index contributed by atoms with van der Waals surface area (Å²) in [5, 5.41) is 3.38. The molecule has 1 aromatic heterocycles. The van der Waals surface area contributed by atoms with Crippen molar-refractivity contribution in [3.8, 4) is 11.4 Å². The molecule has 2 aromatic rings. The number of aromatic nitrogens is 2. The van der Waals surface area contributed by atoms with Crippen LogP contribution < -0.4 is 10.9 Å². The second-order valence-corrected chi connectivity index (χ2v) is 6.00. The Bertz CT molecular complexity index is 771. The molecule has 0 fully saturated rings. The summed E-state index contributed by atoms with van der Waals surface area (Å²) in [6.07, 6.45) is 2.56. The van der Waals surface area contributed by atoms with Crippen LogP contribution in [0.4, 0.5) is 0 Å². The van der Waals surface area contributed by atoms with Crippen LogP contribution in [0.1, 0.15) is 32.4 Å². The molecule has 1 aromatic carbocycles. The number of halogens is 1. The summed E-state index contributed by atoms with van der Waals surface area (Å²) in [7, 11) is 0. The van der Waals surface area contributed by atoms with Crippen LogP contribution in [-0.2, 0) is 17.8 Å². The van der Waals surface area contributed by atoms with E-state index in [2.05, 4.69) is 17.2 Å². The smallest absolute Gasteiger partial charge is 0.254 e. The summed E-state index contributed by atoms with van der Waals surface area (Å²) < 4.78 is 1.39. The van der Waals surface area contributed by atoms with Crippen LogP contribution in [0, 0.1) is 0 Å².